The number of benzene rings is 1. The van der Waals surface area contributed by atoms with Gasteiger partial charge >= 0.3 is 0 Å². The van der Waals surface area contributed by atoms with Crippen molar-refractivity contribution in [2.75, 3.05) is 26.7 Å². The monoisotopic (exact) mass is 350 g/mol. The molecular weight excluding hydrogens is 328 g/mol. The molecule has 0 aromatic heterocycles. The van der Waals surface area contributed by atoms with Crippen molar-refractivity contribution in [1.82, 2.24) is 9.21 Å². The quantitative estimate of drug-likeness (QED) is 0.502. The van der Waals surface area contributed by atoms with E-state index in [2.05, 4.69) is 13.2 Å². The Balaban J connectivity index is 2.93. The molecule has 0 saturated heterocycles. The molecule has 0 aliphatic heterocycles. The molecule has 0 saturated carbocycles. The van der Waals surface area contributed by atoms with Crippen molar-refractivity contribution < 1.29 is 18.0 Å². The van der Waals surface area contributed by atoms with E-state index in [9.17, 15) is 18.0 Å². The summed E-state index contributed by atoms with van der Waals surface area (Å²) in [5.41, 5.74) is 0.427. The lowest BCUT2D eigenvalue weighted by atomic mass is 10.2. The second-order valence-electron chi connectivity index (χ2n) is 5.22. The van der Waals surface area contributed by atoms with Crippen molar-refractivity contribution in [3.63, 3.8) is 0 Å². The van der Waals surface area contributed by atoms with Crippen molar-refractivity contribution in [3.8, 4) is 0 Å². The lowest BCUT2D eigenvalue weighted by Gasteiger charge is -2.23. The highest BCUT2D eigenvalue weighted by Gasteiger charge is 2.24. The summed E-state index contributed by atoms with van der Waals surface area (Å²) < 4.78 is 26.0. The second-order valence-corrected chi connectivity index (χ2v) is 7.26. The van der Waals surface area contributed by atoms with Gasteiger partial charge in [-0.2, -0.15) is 4.31 Å². The maximum absolute atomic E-state index is 12.5. The number of sulfonamides is 1. The van der Waals surface area contributed by atoms with E-state index < -0.39 is 10.0 Å². The van der Waals surface area contributed by atoms with Gasteiger partial charge in [0.15, 0.2) is 5.78 Å². The molecule has 0 radical (unpaired) electrons. The van der Waals surface area contributed by atoms with E-state index >= 15 is 0 Å². The predicted octanol–water partition coefficient (Wildman–Crippen LogP) is 1.71. The number of carbonyl (C=O) groups is 2. The van der Waals surface area contributed by atoms with Crippen LogP contribution in [0, 0.1) is 0 Å². The topological polar surface area (TPSA) is 74.8 Å². The third kappa shape index (κ3) is 4.87. The average Bonchev–Trinajstić information content (AvgIpc) is 2.54. The fourth-order valence-corrected chi connectivity index (χ4v) is 3.13. The van der Waals surface area contributed by atoms with Gasteiger partial charge in [0.05, 0.1) is 11.4 Å². The van der Waals surface area contributed by atoms with Gasteiger partial charge in [0, 0.05) is 25.7 Å². The minimum absolute atomic E-state index is 0.0294. The van der Waals surface area contributed by atoms with Gasteiger partial charge < -0.3 is 4.90 Å². The van der Waals surface area contributed by atoms with Crippen LogP contribution in [-0.2, 0) is 14.8 Å². The summed E-state index contributed by atoms with van der Waals surface area (Å²) in [5, 5.41) is 0. The maximum Gasteiger partial charge on any atom is 0.243 e. The van der Waals surface area contributed by atoms with Gasteiger partial charge in [-0.05, 0) is 19.1 Å². The number of ketones is 1. The lowest BCUT2D eigenvalue weighted by molar-refractivity contribution is -0.130. The van der Waals surface area contributed by atoms with Crippen LogP contribution in [0.3, 0.4) is 0 Å². The number of carbonyl (C=O) groups excluding carboxylic acids is 2. The number of amides is 1. The molecule has 1 aromatic carbocycles. The van der Waals surface area contributed by atoms with Gasteiger partial charge in [0.2, 0.25) is 15.9 Å². The normalized spacial score (nSPS) is 11.1. The second kappa shape index (κ2) is 8.56. The van der Waals surface area contributed by atoms with E-state index in [-0.39, 0.29) is 23.1 Å². The van der Waals surface area contributed by atoms with Crippen LogP contribution in [0.15, 0.2) is 54.5 Å². The molecule has 1 rings (SSSR count). The number of hydrogen-bond acceptors (Lipinski definition) is 4. The van der Waals surface area contributed by atoms with Gasteiger partial charge in [0.1, 0.15) is 0 Å². The molecule has 130 valence electrons. The third-order valence-corrected chi connectivity index (χ3v) is 5.20. The summed E-state index contributed by atoms with van der Waals surface area (Å²) in [4.78, 5) is 25.0. The van der Waals surface area contributed by atoms with Crippen molar-refractivity contribution >= 4 is 21.7 Å². The molecule has 0 N–H and O–H groups in total. The first-order valence-corrected chi connectivity index (χ1v) is 8.75. The standard InChI is InChI=1S/C17H22N2O4S/c1-5-11-19(12-6-2)17(21)13-18(4)24(22,23)16-9-7-15(8-10-16)14(3)20/h5-10H,1-2,11-13H2,3-4H3. The van der Waals surface area contributed by atoms with Crippen LogP contribution in [0.4, 0.5) is 0 Å². The van der Waals surface area contributed by atoms with E-state index in [1.807, 2.05) is 0 Å². The highest BCUT2D eigenvalue weighted by Crippen LogP contribution is 2.15. The fourth-order valence-electron chi connectivity index (χ4n) is 2.01. The van der Waals surface area contributed by atoms with Gasteiger partial charge in [0.25, 0.3) is 0 Å². The van der Waals surface area contributed by atoms with E-state index in [0.29, 0.717) is 18.7 Å². The molecule has 0 aliphatic rings. The first kappa shape index (κ1) is 19.8. The Hall–Kier alpha value is -2.25. The zero-order valence-electron chi connectivity index (χ0n) is 13.9. The SMILES string of the molecule is C=CCN(CC=C)C(=O)CN(C)S(=O)(=O)c1ccc(C(C)=O)cc1. The molecule has 24 heavy (non-hydrogen) atoms. The highest BCUT2D eigenvalue weighted by molar-refractivity contribution is 7.89. The van der Waals surface area contributed by atoms with Crippen molar-refractivity contribution in [1.29, 1.82) is 0 Å². The van der Waals surface area contributed by atoms with E-state index in [1.165, 1.54) is 43.1 Å². The molecule has 6 nitrogen and oxygen atoms in total. The van der Waals surface area contributed by atoms with E-state index in [1.54, 1.807) is 12.2 Å². The number of rotatable bonds is 9. The van der Waals surface area contributed by atoms with Crippen LogP contribution in [0.5, 0.6) is 0 Å². The van der Waals surface area contributed by atoms with Crippen LogP contribution in [-0.4, -0.2) is 56.0 Å². The smallest absolute Gasteiger partial charge is 0.243 e. The van der Waals surface area contributed by atoms with Gasteiger partial charge in [-0.3, -0.25) is 9.59 Å². The predicted molar refractivity (Wildman–Crippen MR) is 93.2 cm³/mol. The Bertz CT molecular complexity index is 713. The van der Waals surface area contributed by atoms with Crippen LogP contribution in [0.25, 0.3) is 0 Å². The van der Waals surface area contributed by atoms with Crippen molar-refractivity contribution in [3.05, 3.63) is 55.1 Å². The Morgan fingerprint density at radius 2 is 1.58 bits per heavy atom. The summed E-state index contributed by atoms with van der Waals surface area (Å²) in [6, 6.07) is 5.62. The number of hydrogen-bond donors (Lipinski definition) is 0. The molecule has 0 heterocycles. The van der Waals surface area contributed by atoms with Crippen LogP contribution in [0.1, 0.15) is 17.3 Å². The number of Topliss-reactive ketones (excluding diaryl/α,β-unsaturated/α-hetero) is 1. The minimum atomic E-state index is -3.82. The zero-order valence-corrected chi connectivity index (χ0v) is 14.8. The molecule has 0 fully saturated rings. The fraction of sp³-hybridized carbons (Fsp3) is 0.294. The zero-order chi connectivity index (χ0) is 18.3. The summed E-state index contributed by atoms with van der Waals surface area (Å²) in [5.74, 6) is -0.492. The average molecular weight is 350 g/mol. The highest BCUT2D eigenvalue weighted by atomic mass is 32.2. The maximum atomic E-state index is 12.5. The molecule has 1 aromatic rings. The molecule has 0 bridgehead atoms. The Morgan fingerprint density at radius 1 is 1.08 bits per heavy atom. The van der Waals surface area contributed by atoms with Crippen molar-refractivity contribution in [2.24, 2.45) is 0 Å². The van der Waals surface area contributed by atoms with Crippen LogP contribution in [0.2, 0.25) is 0 Å². The molecule has 0 unspecified atom stereocenters. The van der Waals surface area contributed by atoms with Crippen LogP contribution >= 0.6 is 0 Å². The lowest BCUT2D eigenvalue weighted by Crippen LogP contribution is -2.41. The first-order valence-electron chi connectivity index (χ1n) is 7.31. The molecule has 7 heteroatoms. The molecular formula is C17H22N2O4S. The summed E-state index contributed by atoms with van der Waals surface area (Å²) in [7, 11) is -2.48. The number of likely N-dealkylation sites (N-methyl/N-ethyl adjacent to an activating group) is 1. The minimum Gasteiger partial charge on any atom is -0.334 e. The van der Waals surface area contributed by atoms with Crippen molar-refractivity contribution in [2.45, 2.75) is 11.8 Å². The van der Waals surface area contributed by atoms with E-state index in [0.717, 1.165) is 4.31 Å². The third-order valence-electron chi connectivity index (χ3n) is 3.38. The molecule has 0 spiro atoms. The Labute approximate surface area is 143 Å². The van der Waals surface area contributed by atoms with E-state index in [4.69, 9.17) is 0 Å². The largest absolute Gasteiger partial charge is 0.334 e. The first-order chi connectivity index (χ1) is 11.2. The summed E-state index contributed by atoms with van der Waals surface area (Å²) in [6.45, 7) is 8.89. The number of nitrogens with zero attached hydrogens (tertiary/aromatic N) is 2. The van der Waals surface area contributed by atoms with Gasteiger partial charge in [-0.1, -0.05) is 24.3 Å². The van der Waals surface area contributed by atoms with Gasteiger partial charge in [-0.15, -0.1) is 13.2 Å². The molecule has 0 aliphatic carbocycles. The summed E-state index contributed by atoms with van der Waals surface area (Å²) >= 11 is 0. The van der Waals surface area contributed by atoms with Crippen LogP contribution < -0.4 is 0 Å². The Kier molecular flexibility index (Phi) is 7.06. The Morgan fingerprint density at radius 3 is 2.00 bits per heavy atom. The molecule has 1 amide bonds. The summed E-state index contributed by atoms with van der Waals surface area (Å²) in [6.07, 6.45) is 3.13. The molecule has 0 atom stereocenters. The van der Waals surface area contributed by atoms with Gasteiger partial charge in [-0.25, -0.2) is 8.42 Å².